The van der Waals surface area contributed by atoms with Crippen LogP contribution in [0.25, 0.3) is 0 Å². The minimum absolute atomic E-state index is 0.121. The van der Waals surface area contributed by atoms with Gasteiger partial charge in [0.05, 0.1) is 18.2 Å². The van der Waals surface area contributed by atoms with Crippen LogP contribution in [0.15, 0.2) is 18.3 Å². The van der Waals surface area contributed by atoms with Crippen molar-refractivity contribution in [2.45, 2.75) is 19.3 Å². The lowest BCUT2D eigenvalue weighted by atomic mass is 10.2. The van der Waals surface area contributed by atoms with Crippen molar-refractivity contribution in [2.75, 3.05) is 11.4 Å². The molecule has 108 valence electrons. The number of anilines is 1. The van der Waals surface area contributed by atoms with Gasteiger partial charge in [-0.2, -0.15) is 18.4 Å². The molecule has 2 aromatic rings. The molecular weight excluding hydrogens is 285 g/mol. The van der Waals surface area contributed by atoms with Crippen LogP contribution in [0.3, 0.4) is 0 Å². The first kappa shape index (κ1) is 13.4. The molecule has 0 radical (unpaired) electrons. The van der Waals surface area contributed by atoms with E-state index in [0.29, 0.717) is 17.9 Å². The average Bonchev–Trinajstić information content (AvgIpc) is 2.90. The monoisotopic (exact) mass is 294 g/mol. The topological polar surface area (TPSA) is 70.6 Å². The predicted molar refractivity (Wildman–Crippen MR) is 65.0 cm³/mol. The fraction of sp³-hybridized carbons (Fsp3) is 0.333. The van der Waals surface area contributed by atoms with Gasteiger partial charge < -0.3 is 9.47 Å². The molecule has 3 rings (SSSR count). The van der Waals surface area contributed by atoms with Gasteiger partial charge in [0.2, 0.25) is 5.82 Å². The number of halogens is 3. The van der Waals surface area contributed by atoms with E-state index < -0.39 is 12.0 Å². The van der Waals surface area contributed by atoms with Crippen molar-refractivity contribution in [2.24, 2.45) is 0 Å². The third-order valence-electron chi connectivity index (χ3n) is 3.21. The zero-order valence-electron chi connectivity index (χ0n) is 10.7. The molecule has 0 saturated heterocycles. The van der Waals surface area contributed by atoms with Crippen molar-refractivity contribution in [1.29, 1.82) is 5.26 Å². The van der Waals surface area contributed by atoms with Crippen molar-refractivity contribution in [3.8, 4) is 6.07 Å². The summed E-state index contributed by atoms with van der Waals surface area (Å²) >= 11 is 0. The zero-order chi connectivity index (χ0) is 15.0. The van der Waals surface area contributed by atoms with Crippen LogP contribution in [0, 0.1) is 11.3 Å². The van der Waals surface area contributed by atoms with E-state index >= 15 is 0 Å². The summed E-state index contributed by atoms with van der Waals surface area (Å²) in [6.07, 6.45) is -3.01. The molecule has 0 atom stereocenters. The van der Waals surface area contributed by atoms with Gasteiger partial charge in [-0.25, -0.2) is 4.98 Å². The highest BCUT2D eigenvalue weighted by Gasteiger charge is 2.39. The van der Waals surface area contributed by atoms with Gasteiger partial charge in [0.15, 0.2) is 5.82 Å². The Morgan fingerprint density at radius 2 is 2.05 bits per heavy atom. The molecule has 1 aliphatic heterocycles. The molecule has 0 aliphatic carbocycles. The summed E-state index contributed by atoms with van der Waals surface area (Å²) in [5, 5.41) is 15.7. The Morgan fingerprint density at radius 3 is 2.76 bits per heavy atom. The highest BCUT2D eigenvalue weighted by Crippen LogP contribution is 2.30. The van der Waals surface area contributed by atoms with Crippen molar-refractivity contribution < 1.29 is 13.2 Å². The lowest BCUT2D eigenvalue weighted by Crippen LogP contribution is -2.35. The third-order valence-corrected chi connectivity index (χ3v) is 3.21. The van der Waals surface area contributed by atoms with Crippen LogP contribution in [-0.4, -0.2) is 26.3 Å². The molecule has 0 saturated carbocycles. The number of nitrogens with zero attached hydrogens (tertiary/aromatic N) is 6. The molecule has 1 aliphatic rings. The highest BCUT2D eigenvalue weighted by atomic mass is 19.4. The highest BCUT2D eigenvalue weighted by molar-refractivity contribution is 5.45. The Bertz CT molecular complexity index is 715. The Kier molecular flexibility index (Phi) is 3.01. The molecule has 0 N–H and O–H groups in total. The van der Waals surface area contributed by atoms with E-state index in [4.69, 9.17) is 5.26 Å². The first-order valence-electron chi connectivity index (χ1n) is 6.09. The van der Waals surface area contributed by atoms with Crippen molar-refractivity contribution in [1.82, 2.24) is 19.7 Å². The Morgan fingerprint density at radius 1 is 1.24 bits per heavy atom. The van der Waals surface area contributed by atoms with Gasteiger partial charge in [-0.05, 0) is 12.1 Å². The zero-order valence-corrected chi connectivity index (χ0v) is 10.7. The number of pyridine rings is 1. The molecule has 21 heavy (non-hydrogen) atoms. The van der Waals surface area contributed by atoms with E-state index in [9.17, 15) is 13.2 Å². The van der Waals surface area contributed by atoms with Crippen LogP contribution in [0.4, 0.5) is 19.0 Å². The van der Waals surface area contributed by atoms with Gasteiger partial charge >= 0.3 is 6.18 Å². The second-order valence-electron chi connectivity index (χ2n) is 4.53. The van der Waals surface area contributed by atoms with Crippen LogP contribution in [0.1, 0.15) is 17.2 Å². The summed E-state index contributed by atoms with van der Waals surface area (Å²) in [5.74, 6) is -0.203. The first-order chi connectivity index (χ1) is 9.99. The quantitative estimate of drug-likeness (QED) is 0.798. The van der Waals surface area contributed by atoms with Gasteiger partial charge in [0.25, 0.3) is 0 Å². The fourth-order valence-electron chi connectivity index (χ4n) is 2.22. The largest absolute Gasteiger partial charge is 0.451 e. The molecule has 0 fully saturated rings. The second-order valence-corrected chi connectivity index (χ2v) is 4.53. The normalized spacial score (nSPS) is 14.7. The summed E-state index contributed by atoms with van der Waals surface area (Å²) < 4.78 is 39.3. The molecule has 3 heterocycles. The number of rotatable bonds is 1. The van der Waals surface area contributed by atoms with Crippen molar-refractivity contribution in [3.05, 3.63) is 35.5 Å². The van der Waals surface area contributed by atoms with Gasteiger partial charge in [-0.3, -0.25) is 0 Å². The SMILES string of the molecule is N#Cc1ccnc(N2CCn3c(nnc3C(F)(F)F)C2)c1. The lowest BCUT2D eigenvalue weighted by Gasteiger charge is -2.28. The lowest BCUT2D eigenvalue weighted by molar-refractivity contribution is -0.147. The predicted octanol–water partition coefficient (Wildman–Crippen LogP) is 1.58. The average molecular weight is 294 g/mol. The van der Waals surface area contributed by atoms with Crippen LogP contribution < -0.4 is 4.90 Å². The smallest absolute Gasteiger partial charge is 0.347 e. The van der Waals surface area contributed by atoms with E-state index in [1.165, 1.54) is 6.20 Å². The Hall–Kier alpha value is -2.63. The molecule has 2 aromatic heterocycles. The summed E-state index contributed by atoms with van der Waals surface area (Å²) in [6.45, 7) is 0.636. The number of hydrogen-bond acceptors (Lipinski definition) is 5. The van der Waals surface area contributed by atoms with Gasteiger partial charge in [0.1, 0.15) is 5.82 Å². The number of fused-ring (bicyclic) bond motifs is 1. The van der Waals surface area contributed by atoms with Gasteiger partial charge in [-0.1, -0.05) is 0 Å². The van der Waals surface area contributed by atoms with Crippen LogP contribution >= 0.6 is 0 Å². The molecule has 9 heteroatoms. The summed E-state index contributed by atoms with van der Waals surface area (Å²) in [4.78, 5) is 5.90. The molecular formula is C12H9F3N6. The maximum Gasteiger partial charge on any atom is 0.451 e. The molecule has 0 spiro atoms. The van der Waals surface area contributed by atoms with E-state index in [-0.39, 0.29) is 18.9 Å². The third kappa shape index (κ3) is 2.40. The number of aromatic nitrogens is 4. The second kappa shape index (κ2) is 4.73. The summed E-state index contributed by atoms with van der Waals surface area (Å²) in [7, 11) is 0. The molecule has 0 amide bonds. The van der Waals surface area contributed by atoms with E-state index in [0.717, 1.165) is 4.57 Å². The Balaban J connectivity index is 1.89. The minimum atomic E-state index is -4.51. The van der Waals surface area contributed by atoms with Crippen LogP contribution in [0.5, 0.6) is 0 Å². The molecule has 6 nitrogen and oxygen atoms in total. The first-order valence-corrected chi connectivity index (χ1v) is 6.09. The van der Waals surface area contributed by atoms with Crippen LogP contribution in [0.2, 0.25) is 0 Å². The maximum atomic E-state index is 12.7. The van der Waals surface area contributed by atoms with Gasteiger partial charge in [0, 0.05) is 19.3 Å². The Labute approximate surface area is 117 Å². The summed E-state index contributed by atoms with van der Waals surface area (Å²) in [5.41, 5.74) is 0.447. The van der Waals surface area contributed by atoms with Crippen molar-refractivity contribution in [3.63, 3.8) is 0 Å². The summed E-state index contributed by atoms with van der Waals surface area (Å²) in [6, 6.07) is 5.16. The minimum Gasteiger partial charge on any atom is -0.347 e. The van der Waals surface area contributed by atoms with E-state index in [1.807, 2.05) is 6.07 Å². The van der Waals surface area contributed by atoms with Crippen LogP contribution in [-0.2, 0) is 19.3 Å². The molecule has 0 unspecified atom stereocenters. The molecule has 0 aromatic carbocycles. The van der Waals surface area contributed by atoms with Gasteiger partial charge in [-0.15, -0.1) is 10.2 Å². The molecule has 0 bridgehead atoms. The number of alkyl halides is 3. The maximum absolute atomic E-state index is 12.7. The number of nitriles is 1. The standard InChI is InChI=1S/C12H9F3N6/c13-12(14,15)11-19-18-10-7-20(3-4-21(10)11)9-5-8(6-16)1-2-17-9/h1-2,5H,3-4,7H2. The van der Waals surface area contributed by atoms with Crippen molar-refractivity contribution >= 4 is 5.82 Å². The fourth-order valence-corrected chi connectivity index (χ4v) is 2.22. The number of hydrogen-bond donors (Lipinski definition) is 0. The van der Waals surface area contributed by atoms with E-state index in [2.05, 4.69) is 15.2 Å². The van der Waals surface area contributed by atoms with E-state index in [1.54, 1.807) is 17.0 Å².